The molecular weight excluding hydrogens is 368 g/mol. The SMILES string of the molecule is ClCC(Cl)(Cl)c1nc(Br)nc(Br)n1. The third kappa shape index (κ3) is 3.16. The van der Waals surface area contributed by atoms with Gasteiger partial charge in [-0.3, -0.25) is 0 Å². The summed E-state index contributed by atoms with van der Waals surface area (Å²) >= 11 is 23.4. The minimum atomic E-state index is -1.30. The van der Waals surface area contributed by atoms with E-state index in [1.165, 1.54) is 0 Å². The fourth-order valence-electron chi connectivity index (χ4n) is 0.549. The van der Waals surface area contributed by atoms with Crippen LogP contribution in [0.25, 0.3) is 0 Å². The Morgan fingerprint density at radius 2 is 1.54 bits per heavy atom. The monoisotopic (exact) mass is 367 g/mol. The van der Waals surface area contributed by atoms with Crippen LogP contribution in [0, 0.1) is 0 Å². The summed E-state index contributed by atoms with van der Waals surface area (Å²) < 4.78 is -0.601. The van der Waals surface area contributed by atoms with Crippen molar-refractivity contribution in [3.05, 3.63) is 15.3 Å². The molecule has 0 aliphatic carbocycles. The molecule has 1 rings (SSSR count). The molecule has 0 aliphatic heterocycles. The molecule has 72 valence electrons. The summed E-state index contributed by atoms with van der Waals surface area (Å²) in [4.78, 5) is 11.6. The molecule has 1 aromatic heterocycles. The highest BCUT2D eigenvalue weighted by molar-refractivity contribution is 9.11. The summed E-state index contributed by atoms with van der Waals surface area (Å²) in [6.45, 7) is 0. The second kappa shape index (κ2) is 4.57. The van der Waals surface area contributed by atoms with E-state index in [0.717, 1.165) is 0 Å². The lowest BCUT2D eigenvalue weighted by molar-refractivity contribution is 0.798. The minimum absolute atomic E-state index is 0.000988. The van der Waals surface area contributed by atoms with Gasteiger partial charge < -0.3 is 0 Å². The fourth-order valence-corrected chi connectivity index (χ4v) is 1.75. The molecule has 0 aromatic carbocycles. The quantitative estimate of drug-likeness (QED) is 0.751. The van der Waals surface area contributed by atoms with Crippen LogP contribution < -0.4 is 0 Å². The molecule has 0 unspecified atom stereocenters. The number of rotatable bonds is 2. The van der Waals surface area contributed by atoms with Crippen LogP contribution in [-0.4, -0.2) is 20.8 Å². The largest absolute Gasteiger partial charge is 0.203 e. The maximum absolute atomic E-state index is 5.83. The van der Waals surface area contributed by atoms with E-state index in [2.05, 4.69) is 46.8 Å². The van der Waals surface area contributed by atoms with Gasteiger partial charge in [0.2, 0.25) is 9.47 Å². The molecule has 1 aromatic rings. The number of aromatic nitrogens is 3. The third-order valence-electron chi connectivity index (χ3n) is 1.08. The summed E-state index contributed by atoms with van der Waals surface area (Å²) in [5.41, 5.74) is 0. The van der Waals surface area contributed by atoms with Crippen molar-refractivity contribution < 1.29 is 0 Å². The summed E-state index contributed by atoms with van der Waals surface area (Å²) in [5.74, 6) is 0.207. The molecule has 0 saturated heterocycles. The fraction of sp³-hybridized carbons (Fsp3) is 0.400. The van der Waals surface area contributed by atoms with E-state index in [4.69, 9.17) is 34.8 Å². The molecule has 0 amide bonds. The normalized spacial score (nSPS) is 11.8. The smallest absolute Gasteiger partial charge is 0.200 e. The van der Waals surface area contributed by atoms with Gasteiger partial charge in [-0.15, -0.1) is 11.6 Å². The van der Waals surface area contributed by atoms with Crippen LogP contribution in [0.1, 0.15) is 5.82 Å². The van der Waals surface area contributed by atoms with Crippen LogP contribution in [0.3, 0.4) is 0 Å². The van der Waals surface area contributed by atoms with Gasteiger partial charge in [-0.1, -0.05) is 23.2 Å². The van der Waals surface area contributed by atoms with Crippen LogP contribution in [0.15, 0.2) is 9.47 Å². The Bertz CT molecular complexity index is 300. The molecule has 0 radical (unpaired) electrons. The Kier molecular flexibility index (Phi) is 4.19. The maximum Gasteiger partial charge on any atom is 0.200 e. The molecule has 1 heterocycles. The average Bonchev–Trinajstić information content (AvgIpc) is 2.02. The summed E-state index contributed by atoms with van der Waals surface area (Å²) in [7, 11) is 0. The van der Waals surface area contributed by atoms with Crippen LogP contribution in [0.4, 0.5) is 0 Å². The van der Waals surface area contributed by atoms with Crippen LogP contribution in [-0.2, 0) is 4.33 Å². The van der Waals surface area contributed by atoms with E-state index in [9.17, 15) is 0 Å². The lowest BCUT2D eigenvalue weighted by Gasteiger charge is -2.13. The zero-order valence-electron chi connectivity index (χ0n) is 5.94. The molecule has 0 atom stereocenters. The second-order valence-electron chi connectivity index (χ2n) is 2.04. The van der Waals surface area contributed by atoms with Crippen molar-refractivity contribution in [3.63, 3.8) is 0 Å². The van der Waals surface area contributed by atoms with E-state index >= 15 is 0 Å². The van der Waals surface area contributed by atoms with Gasteiger partial charge in [0.25, 0.3) is 0 Å². The summed E-state index contributed by atoms with van der Waals surface area (Å²) in [6.07, 6.45) is 0. The zero-order chi connectivity index (χ0) is 10.1. The van der Waals surface area contributed by atoms with Crippen LogP contribution in [0.5, 0.6) is 0 Å². The van der Waals surface area contributed by atoms with Crippen molar-refractivity contribution in [2.45, 2.75) is 4.33 Å². The molecule has 0 bridgehead atoms. The first-order valence-electron chi connectivity index (χ1n) is 2.97. The van der Waals surface area contributed by atoms with Crippen LogP contribution >= 0.6 is 66.7 Å². The highest BCUT2D eigenvalue weighted by Gasteiger charge is 2.29. The van der Waals surface area contributed by atoms with E-state index < -0.39 is 4.33 Å². The highest BCUT2D eigenvalue weighted by Crippen LogP contribution is 2.33. The van der Waals surface area contributed by atoms with Gasteiger partial charge in [-0.2, -0.15) is 4.98 Å². The zero-order valence-corrected chi connectivity index (χ0v) is 11.4. The average molecular weight is 370 g/mol. The predicted octanol–water partition coefficient (Wildman–Crippen LogP) is 3.27. The number of halogens is 5. The number of hydrogen-bond acceptors (Lipinski definition) is 3. The Morgan fingerprint density at radius 3 is 1.92 bits per heavy atom. The topological polar surface area (TPSA) is 38.7 Å². The molecule has 0 spiro atoms. The van der Waals surface area contributed by atoms with Crippen molar-refractivity contribution in [2.75, 3.05) is 5.88 Å². The molecule has 13 heavy (non-hydrogen) atoms. The second-order valence-corrected chi connectivity index (χ2v) is 5.20. The van der Waals surface area contributed by atoms with E-state index in [0.29, 0.717) is 9.47 Å². The first-order chi connectivity index (χ1) is 5.95. The van der Waals surface area contributed by atoms with Gasteiger partial charge in [0.1, 0.15) is 0 Å². The standard InChI is InChI=1S/C5H2Br2Cl3N3/c6-3-11-2(5(9,10)1-8)12-4(7)13-3/h1H2. The Morgan fingerprint density at radius 1 is 1.08 bits per heavy atom. The number of nitrogens with zero attached hydrogens (tertiary/aromatic N) is 3. The first-order valence-corrected chi connectivity index (χ1v) is 5.84. The van der Waals surface area contributed by atoms with E-state index in [-0.39, 0.29) is 11.7 Å². The Labute approximate surface area is 106 Å². The Hall–Kier alpha value is 0.840. The lowest BCUT2D eigenvalue weighted by atomic mass is 10.4. The number of alkyl halides is 3. The van der Waals surface area contributed by atoms with Gasteiger partial charge in [0.05, 0.1) is 5.88 Å². The van der Waals surface area contributed by atoms with E-state index in [1.807, 2.05) is 0 Å². The molecule has 0 N–H and O–H groups in total. The van der Waals surface area contributed by atoms with Crippen molar-refractivity contribution in [1.29, 1.82) is 0 Å². The maximum atomic E-state index is 5.83. The number of hydrogen-bond donors (Lipinski definition) is 0. The van der Waals surface area contributed by atoms with Crippen molar-refractivity contribution in [2.24, 2.45) is 0 Å². The van der Waals surface area contributed by atoms with Gasteiger partial charge in [0, 0.05) is 0 Å². The molecular formula is C5H2Br2Cl3N3. The summed E-state index contributed by atoms with van der Waals surface area (Å²) in [5, 5.41) is 0. The predicted molar refractivity (Wildman–Crippen MR) is 59.3 cm³/mol. The first kappa shape index (κ1) is 11.9. The third-order valence-corrected chi connectivity index (χ3v) is 3.06. The van der Waals surface area contributed by atoms with Gasteiger partial charge >= 0.3 is 0 Å². The van der Waals surface area contributed by atoms with Gasteiger partial charge in [-0.25, -0.2) is 9.97 Å². The van der Waals surface area contributed by atoms with E-state index in [1.54, 1.807) is 0 Å². The van der Waals surface area contributed by atoms with Crippen LogP contribution in [0.2, 0.25) is 0 Å². The molecule has 3 nitrogen and oxygen atoms in total. The Balaban J connectivity index is 3.15. The lowest BCUT2D eigenvalue weighted by Crippen LogP contribution is -2.17. The van der Waals surface area contributed by atoms with Crippen molar-refractivity contribution in [3.8, 4) is 0 Å². The van der Waals surface area contributed by atoms with Crippen molar-refractivity contribution in [1.82, 2.24) is 15.0 Å². The molecule has 8 heteroatoms. The molecule has 0 saturated carbocycles. The summed E-state index contributed by atoms with van der Waals surface area (Å²) in [6, 6.07) is 0. The van der Waals surface area contributed by atoms with Crippen molar-refractivity contribution >= 4 is 66.7 Å². The minimum Gasteiger partial charge on any atom is -0.203 e. The highest BCUT2D eigenvalue weighted by atomic mass is 79.9. The molecule has 0 aliphatic rings. The molecule has 0 fully saturated rings. The van der Waals surface area contributed by atoms with Gasteiger partial charge in [0.15, 0.2) is 10.2 Å². The van der Waals surface area contributed by atoms with Gasteiger partial charge in [-0.05, 0) is 31.9 Å².